The Labute approximate surface area is 161 Å². The van der Waals surface area contributed by atoms with E-state index < -0.39 is 0 Å². The summed E-state index contributed by atoms with van der Waals surface area (Å²) >= 11 is 0. The van der Waals surface area contributed by atoms with Crippen molar-refractivity contribution in [2.75, 3.05) is 6.54 Å². The molecule has 142 valence electrons. The van der Waals surface area contributed by atoms with Gasteiger partial charge in [-0.25, -0.2) is 9.67 Å². The summed E-state index contributed by atoms with van der Waals surface area (Å²) < 4.78 is 1.87. The summed E-state index contributed by atoms with van der Waals surface area (Å²) in [5.74, 6) is -0.110. The smallest absolute Gasteiger partial charge is 0.253 e. The molecule has 1 unspecified atom stereocenters. The van der Waals surface area contributed by atoms with Crippen LogP contribution in [0.3, 0.4) is 0 Å². The lowest BCUT2D eigenvalue weighted by Gasteiger charge is -2.17. The Morgan fingerprint density at radius 1 is 1.36 bits per heavy atom. The molecule has 2 aromatic heterocycles. The van der Waals surface area contributed by atoms with Crippen LogP contribution in [0.5, 0.6) is 0 Å². The van der Waals surface area contributed by atoms with E-state index in [4.69, 9.17) is 5.73 Å². The number of pyridine rings is 1. The lowest BCUT2D eigenvalue weighted by Crippen LogP contribution is -2.40. The number of halogens is 2. The molecule has 2 rings (SSSR count). The van der Waals surface area contributed by atoms with Crippen molar-refractivity contribution >= 4 is 41.8 Å². The molecule has 0 aliphatic heterocycles. The molecule has 2 aromatic rings. The molecule has 0 saturated heterocycles. The number of nitrogens with two attached hydrogens (primary N) is 1. The predicted molar refractivity (Wildman–Crippen MR) is 107 cm³/mol. The Balaban J connectivity index is 0.00000288. The summed E-state index contributed by atoms with van der Waals surface area (Å²) in [6.45, 7) is 8.55. The third-order valence-corrected chi connectivity index (χ3v) is 4.02. The van der Waals surface area contributed by atoms with Crippen LogP contribution in [0.15, 0.2) is 12.3 Å². The van der Waals surface area contributed by atoms with Crippen molar-refractivity contribution in [3.8, 4) is 0 Å². The molecule has 0 aromatic carbocycles. The largest absolute Gasteiger partial charge is 0.348 e. The SMILES string of the molecule is CCCCC(CN)NC(=O)c1cc2cnn(C(C)C)c2nc1C.Cl.Cl. The normalized spacial score (nSPS) is 11.8. The van der Waals surface area contributed by atoms with Gasteiger partial charge >= 0.3 is 0 Å². The standard InChI is InChI=1S/C17H27N5O.2ClH/c1-5-6-7-14(9-18)21-17(23)15-8-13-10-19-22(11(2)3)16(13)20-12(15)4;;/h8,10-11,14H,5-7,9,18H2,1-4H3,(H,21,23);2*1H. The summed E-state index contributed by atoms with van der Waals surface area (Å²) in [6, 6.07) is 2.11. The van der Waals surface area contributed by atoms with Gasteiger partial charge < -0.3 is 11.1 Å². The highest BCUT2D eigenvalue weighted by atomic mass is 35.5. The van der Waals surface area contributed by atoms with Gasteiger partial charge in [0.15, 0.2) is 5.65 Å². The van der Waals surface area contributed by atoms with Crippen LogP contribution < -0.4 is 11.1 Å². The van der Waals surface area contributed by atoms with E-state index in [-0.39, 0.29) is 42.8 Å². The number of aryl methyl sites for hydroxylation is 1. The molecular formula is C17H29Cl2N5O. The third kappa shape index (κ3) is 5.56. The summed E-state index contributed by atoms with van der Waals surface area (Å²) in [7, 11) is 0. The Hall–Kier alpha value is -1.37. The van der Waals surface area contributed by atoms with Crippen LogP contribution in [0, 0.1) is 6.92 Å². The number of carbonyl (C=O) groups excluding carboxylic acids is 1. The maximum Gasteiger partial charge on any atom is 0.253 e. The number of aromatic nitrogens is 3. The zero-order chi connectivity index (χ0) is 17.0. The van der Waals surface area contributed by atoms with Gasteiger partial charge in [0.1, 0.15) is 0 Å². The van der Waals surface area contributed by atoms with Crippen LogP contribution in [0.2, 0.25) is 0 Å². The first-order valence-electron chi connectivity index (χ1n) is 8.33. The summed E-state index contributed by atoms with van der Waals surface area (Å²) in [4.78, 5) is 17.1. The van der Waals surface area contributed by atoms with Gasteiger partial charge in [-0.2, -0.15) is 5.10 Å². The van der Waals surface area contributed by atoms with Crippen LogP contribution in [-0.2, 0) is 0 Å². The molecule has 1 amide bonds. The van der Waals surface area contributed by atoms with E-state index in [9.17, 15) is 4.79 Å². The molecule has 25 heavy (non-hydrogen) atoms. The molecule has 0 spiro atoms. The Morgan fingerprint density at radius 3 is 2.60 bits per heavy atom. The average molecular weight is 390 g/mol. The first kappa shape index (κ1) is 23.6. The van der Waals surface area contributed by atoms with Crippen molar-refractivity contribution in [2.24, 2.45) is 5.73 Å². The fourth-order valence-corrected chi connectivity index (χ4v) is 2.64. The van der Waals surface area contributed by atoms with Crippen molar-refractivity contribution in [3.63, 3.8) is 0 Å². The molecule has 0 fully saturated rings. The molecule has 3 N–H and O–H groups in total. The van der Waals surface area contributed by atoms with Crippen LogP contribution in [0.25, 0.3) is 11.0 Å². The first-order chi connectivity index (χ1) is 11.0. The molecule has 0 saturated carbocycles. The minimum atomic E-state index is -0.110. The predicted octanol–water partition coefficient (Wildman–Crippen LogP) is 3.41. The molecule has 0 radical (unpaired) electrons. The van der Waals surface area contributed by atoms with Crippen LogP contribution in [0.1, 0.15) is 62.1 Å². The number of amides is 1. The minimum absolute atomic E-state index is 0. The topological polar surface area (TPSA) is 85.8 Å². The van der Waals surface area contributed by atoms with Gasteiger partial charge in [0.2, 0.25) is 0 Å². The number of nitrogens with one attached hydrogen (secondary N) is 1. The van der Waals surface area contributed by atoms with Crippen molar-refractivity contribution in [3.05, 3.63) is 23.5 Å². The number of rotatable bonds is 7. The van der Waals surface area contributed by atoms with E-state index in [0.29, 0.717) is 17.8 Å². The van der Waals surface area contributed by atoms with Crippen LogP contribution in [0.4, 0.5) is 0 Å². The fourth-order valence-electron chi connectivity index (χ4n) is 2.64. The van der Waals surface area contributed by atoms with E-state index in [2.05, 4.69) is 36.2 Å². The van der Waals surface area contributed by atoms with E-state index in [0.717, 1.165) is 30.3 Å². The van der Waals surface area contributed by atoms with Gasteiger partial charge in [-0.3, -0.25) is 4.79 Å². The van der Waals surface area contributed by atoms with Gasteiger partial charge in [-0.05, 0) is 33.3 Å². The number of fused-ring (bicyclic) bond motifs is 1. The maximum absolute atomic E-state index is 12.5. The third-order valence-electron chi connectivity index (χ3n) is 4.02. The maximum atomic E-state index is 12.5. The second-order valence-corrected chi connectivity index (χ2v) is 6.27. The molecular weight excluding hydrogens is 361 g/mol. The van der Waals surface area contributed by atoms with E-state index in [1.165, 1.54) is 0 Å². The highest BCUT2D eigenvalue weighted by molar-refractivity contribution is 5.98. The monoisotopic (exact) mass is 389 g/mol. The van der Waals surface area contributed by atoms with Gasteiger partial charge in [0, 0.05) is 24.0 Å². The van der Waals surface area contributed by atoms with Crippen LogP contribution in [-0.4, -0.2) is 33.3 Å². The molecule has 2 heterocycles. The Morgan fingerprint density at radius 2 is 2.04 bits per heavy atom. The van der Waals surface area contributed by atoms with E-state index in [1.54, 1.807) is 6.20 Å². The number of hydrogen-bond acceptors (Lipinski definition) is 4. The number of hydrogen-bond donors (Lipinski definition) is 2. The fraction of sp³-hybridized carbons (Fsp3) is 0.588. The number of nitrogens with zero attached hydrogens (tertiary/aromatic N) is 3. The Bertz CT molecular complexity index is 687. The van der Waals surface area contributed by atoms with Crippen molar-refractivity contribution in [1.82, 2.24) is 20.1 Å². The molecule has 0 aliphatic rings. The van der Waals surface area contributed by atoms with Crippen molar-refractivity contribution < 1.29 is 4.79 Å². The number of unbranched alkanes of at least 4 members (excludes halogenated alkanes) is 1. The highest BCUT2D eigenvalue weighted by Gasteiger charge is 2.17. The van der Waals surface area contributed by atoms with E-state index in [1.807, 2.05) is 17.7 Å². The van der Waals surface area contributed by atoms with Gasteiger partial charge in [-0.1, -0.05) is 19.8 Å². The highest BCUT2D eigenvalue weighted by Crippen LogP contribution is 2.19. The Kier molecular flexibility index (Phi) is 10.0. The lowest BCUT2D eigenvalue weighted by atomic mass is 10.1. The van der Waals surface area contributed by atoms with Gasteiger partial charge in [0.25, 0.3) is 5.91 Å². The number of carbonyl (C=O) groups is 1. The summed E-state index contributed by atoms with van der Waals surface area (Å²) in [5.41, 5.74) is 7.88. The van der Waals surface area contributed by atoms with Crippen LogP contribution >= 0.6 is 24.8 Å². The lowest BCUT2D eigenvalue weighted by molar-refractivity contribution is 0.0935. The van der Waals surface area contributed by atoms with Crippen molar-refractivity contribution in [2.45, 2.75) is 59.0 Å². The molecule has 0 bridgehead atoms. The van der Waals surface area contributed by atoms with Gasteiger partial charge in [0.05, 0.1) is 17.5 Å². The average Bonchev–Trinajstić information content (AvgIpc) is 2.93. The molecule has 0 aliphatic carbocycles. The van der Waals surface area contributed by atoms with Gasteiger partial charge in [-0.15, -0.1) is 24.8 Å². The zero-order valence-electron chi connectivity index (χ0n) is 15.3. The second kappa shape index (κ2) is 10.6. The molecule has 1 atom stereocenters. The minimum Gasteiger partial charge on any atom is -0.348 e. The first-order valence-corrected chi connectivity index (χ1v) is 8.33. The van der Waals surface area contributed by atoms with E-state index >= 15 is 0 Å². The van der Waals surface area contributed by atoms with Crippen molar-refractivity contribution in [1.29, 1.82) is 0 Å². The molecule has 6 nitrogen and oxygen atoms in total. The summed E-state index contributed by atoms with van der Waals surface area (Å²) in [5, 5.41) is 8.26. The zero-order valence-corrected chi connectivity index (χ0v) is 16.9. The molecule has 8 heteroatoms. The quantitative estimate of drug-likeness (QED) is 0.759. The second-order valence-electron chi connectivity index (χ2n) is 6.27. The summed E-state index contributed by atoms with van der Waals surface area (Å²) in [6.07, 6.45) is 4.81.